The van der Waals surface area contributed by atoms with Gasteiger partial charge in [0.1, 0.15) is 11.5 Å². The van der Waals surface area contributed by atoms with Gasteiger partial charge in [0.2, 0.25) is 5.91 Å². The number of benzene rings is 3. The van der Waals surface area contributed by atoms with Crippen LogP contribution in [0.3, 0.4) is 0 Å². The monoisotopic (exact) mass is 500 g/mol. The third-order valence-corrected chi connectivity index (χ3v) is 5.71. The van der Waals surface area contributed by atoms with E-state index in [0.29, 0.717) is 31.2 Å². The van der Waals surface area contributed by atoms with E-state index < -0.39 is 0 Å². The predicted octanol–water partition coefficient (Wildman–Crippen LogP) is 5.56. The van der Waals surface area contributed by atoms with Crippen LogP contribution in [0.15, 0.2) is 72.8 Å². The number of hydrogen-bond donors (Lipinski definition) is 1. The molecule has 0 aliphatic heterocycles. The Morgan fingerprint density at radius 2 is 1.51 bits per heavy atom. The zero-order valence-electron chi connectivity index (χ0n) is 21.6. The second-order valence-electron chi connectivity index (χ2n) is 9.00. The number of carbonyl (C=O) groups is 1. The Morgan fingerprint density at radius 3 is 2.11 bits per heavy atom. The number of methoxy groups -OCH3 is 2. The number of hydrogen-bond acceptors (Lipinski definition) is 6. The van der Waals surface area contributed by atoms with Gasteiger partial charge in [0.05, 0.1) is 26.5 Å². The molecule has 4 rings (SSSR count). The lowest BCUT2D eigenvalue weighted by atomic mass is 10.1. The van der Waals surface area contributed by atoms with Gasteiger partial charge in [0, 0.05) is 24.1 Å². The van der Waals surface area contributed by atoms with Gasteiger partial charge in [0.15, 0.2) is 5.82 Å². The smallest absolute Gasteiger partial charge is 0.336 e. The van der Waals surface area contributed by atoms with Crippen molar-refractivity contribution in [2.75, 3.05) is 26.1 Å². The average molecular weight is 501 g/mol. The Bertz CT molecular complexity index is 1300. The molecular formula is C29H32N4O4. The minimum atomic E-state index is -0.00465. The highest BCUT2D eigenvalue weighted by Gasteiger charge is 2.15. The van der Waals surface area contributed by atoms with Crippen LogP contribution < -0.4 is 19.5 Å². The van der Waals surface area contributed by atoms with Gasteiger partial charge in [-0.05, 0) is 72.1 Å². The molecule has 1 amide bonds. The van der Waals surface area contributed by atoms with E-state index >= 15 is 0 Å². The Kier molecular flexibility index (Phi) is 8.40. The first-order chi connectivity index (χ1) is 17.9. The summed E-state index contributed by atoms with van der Waals surface area (Å²) in [5.41, 5.74) is 3.53. The number of nitrogens with zero attached hydrogens (tertiary/aromatic N) is 3. The van der Waals surface area contributed by atoms with Crippen molar-refractivity contribution in [3.8, 4) is 34.6 Å². The Morgan fingerprint density at radius 1 is 0.892 bits per heavy atom. The van der Waals surface area contributed by atoms with Crippen LogP contribution in [0.2, 0.25) is 0 Å². The highest BCUT2D eigenvalue weighted by molar-refractivity contribution is 5.90. The number of anilines is 1. The molecule has 1 N–H and O–H groups in total. The minimum Gasteiger partial charge on any atom is -0.497 e. The van der Waals surface area contributed by atoms with Gasteiger partial charge in [-0.25, -0.2) is 4.68 Å². The van der Waals surface area contributed by atoms with Crippen molar-refractivity contribution >= 4 is 11.6 Å². The molecular weight excluding hydrogens is 468 g/mol. The summed E-state index contributed by atoms with van der Waals surface area (Å²) in [4.78, 5) is 16.8. The second-order valence-corrected chi connectivity index (χ2v) is 9.00. The first kappa shape index (κ1) is 25.8. The van der Waals surface area contributed by atoms with Gasteiger partial charge in [-0.1, -0.05) is 26.0 Å². The molecule has 1 heterocycles. The topological polar surface area (TPSA) is 87.5 Å². The predicted molar refractivity (Wildman–Crippen MR) is 144 cm³/mol. The molecule has 0 saturated carbocycles. The summed E-state index contributed by atoms with van der Waals surface area (Å²) in [5.74, 6) is 2.50. The van der Waals surface area contributed by atoms with E-state index in [9.17, 15) is 4.79 Å². The molecule has 0 unspecified atom stereocenters. The van der Waals surface area contributed by atoms with E-state index in [0.717, 1.165) is 34.0 Å². The maximum atomic E-state index is 12.1. The SMILES string of the molecule is COc1ccc(CCOc2nc(-c3ccc(OC)cc3)n(-c3ccc(NC(=O)CC(C)C)cc3)n2)cc1. The molecule has 192 valence electrons. The number of aromatic nitrogens is 3. The molecule has 37 heavy (non-hydrogen) atoms. The molecule has 0 spiro atoms. The summed E-state index contributed by atoms with van der Waals surface area (Å²) in [7, 11) is 3.28. The molecule has 0 aliphatic carbocycles. The highest BCUT2D eigenvalue weighted by Crippen LogP contribution is 2.26. The summed E-state index contributed by atoms with van der Waals surface area (Å²) in [6.45, 7) is 4.47. The maximum Gasteiger partial charge on any atom is 0.336 e. The van der Waals surface area contributed by atoms with Crippen LogP contribution in [0, 0.1) is 5.92 Å². The normalized spacial score (nSPS) is 10.8. The van der Waals surface area contributed by atoms with Gasteiger partial charge < -0.3 is 19.5 Å². The van der Waals surface area contributed by atoms with Crippen molar-refractivity contribution in [3.63, 3.8) is 0 Å². The molecule has 0 saturated heterocycles. The Balaban J connectivity index is 1.54. The standard InChI is InChI=1S/C29H32N4O4/c1-20(2)19-27(34)30-23-9-11-24(12-10-23)33-28(22-7-15-26(36-4)16-8-22)31-29(32-33)37-18-17-21-5-13-25(35-3)14-6-21/h5-16,20H,17-19H2,1-4H3,(H,30,34). The summed E-state index contributed by atoms with van der Waals surface area (Å²) in [6.07, 6.45) is 1.19. The minimum absolute atomic E-state index is 0.00465. The third-order valence-electron chi connectivity index (χ3n) is 5.71. The zero-order valence-corrected chi connectivity index (χ0v) is 21.6. The van der Waals surface area contributed by atoms with Gasteiger partial charge in [-0.15, -0.1) is 5.10 Å². The summed E-state index contributed by atoms with van der Waals surface area (Å²) < 4.78 is 18.2. The van der Waals surface area contributed by atoms with Crippen LogP contribution in [-0.2, 0) is 11.2 Å². The second kappa shape index (κ2) is 12.1. The molecule has 3 aromatic carbocycles. The molecule has 0 fully saturated rings. The largest absolute Gasteiger partial charge is 0.497 e. The van der Waals surface area contributed by atoms with Crippen LogP contribution in [0.1, 0.15) is 25.8 Å². The van der Waals surface area contributed by atoms with E-state index in [1.807, 2.05) is 86.6 Å². The number of ether oxygens (including phenoxy) is 3. The molecule has 4 aromatic rings. The molecule has 8 heteroatoms. The van der Waals surface area contributed by atoms with Crippen molar-refractivity contribution in [1.29, 1.82) is 0 Å². The number of nitrogens with one attached hydrogen (secondary N) is 1. The summed E-state index contributed by atoms with van der Waals surface area (Å²) in [6, 6.07) is 23.3. The van der Waals surface area contributed by atoms with Crippen molar-refractivity contribution in [2.45, 2.75) is 26.7 Å². The lowest BCUT2D eigenvalue weighted by molar-refractivity contribution is -0.116. The molecule has 0 bridgehead atoms. The summed E-state index contributed by atoms with van der Waals surface area (Å²) >= 11 is 0. The maximum absolute atomic E-state index is 12.1. The molecule has 0 atom stereocenters. The number of rotatable bonds is 11. The average Bonchev–Trinajstić information content (AvgIpc) is 3.33. The highest BCUT2D eigenvalue weighted by atomic mass is 16.5. The van der Waals surface area contributed by atoms with Crippen LogP contribution in [0.4, 0.5) is 5.69 Å². The first-order valence-corrected chi connectivity index (χ1v) is 12.2. The van der Waals surface area contributed by atoms with E-state index in [1.165, 1.54) is 0 Å². The zero-order chi connectivity index (χ0) is 26.2. The first-order valence-electron chi connectivity index (χ1n) is 12.2. The van der Waals surface area contributed by atoms with E-state index in [4.69, 9.17) is 14.2 Å². The van der Waals surface area contributed by atoms with Gasteiger partial charge in [0.25, 0.3) is 0 Å². The Labute approximate surface area is 217 Å². The number of carbonyl (C=O) groups excluding carboxylic acids is 1. The lowest BCUT2D eigenvalue weighted by Crippen LogP contribution is -2.13. The van der Waals surface area contributed by atoms with Crippen molar-refractivity contribution in [3.05, 3.63) is 78.4 Å². The lowest BCUT2D eigenvalue weighted by Gasteiger charge is -2.09. The van der Waals surface area contributed by atoms with E-state index in [1.54, 1.807) is 18.9 Å². The van der Waals surface area contributed by atoms with Crippen molar-refractivity contribution in [2.24, 2.45) is 5.92 Å². The Hall–Kier alpha value is -4.33. The van der Waals surface area contributed by atoms with Gasteiger partial charge in [-0.3, -0.25) is 4.79 Å². The fourth-order valence-corrected chi connectivity index (χ4v) is 3.78. The van der Waals surface area contributed by atoms with E-state index in [-0.39, 0.29) is 11.9 Å². The van der Waals surface area contributed by atoms with Crippen LogP contribution in [0.25, 0.3) is 17.1 Å². The molecule has 8 nitrogen and oxygen atoms in total. The third kappa shape index (κ3) is 6.88. The van der Waals surface area contributed by atoms with Crippen LogP contribution >= 0.6 is 0 Å². The molecule has 0 radical (unpaired) electrons. The van der Waals surface area contributed by atoms with Crippen LogP contribution in [-0.4, -0.2) is 41.5 Å². The fourth-order valence-electron chi connectivity index (χ4n) is 3.78. The van der Waals surface area contributed by atoms with Crippen molar-refractivity contribution < 1.29 is 19.0 Å². The summed E-state index contributed by atoms with van der Waals surface area (Å²) in [5, 5.41) is 7.57. The van der Waals surface area contributed by atoms with Crippen molar-refractivity contribution in [1.82, 2.24) is 14.8 Å². The fraction of sp³-hybridized carbons (Fsp3) is 0.276. The quantitative estimate of drug-likeness (QED) is 0.290. The van der Waals surface area contributed by atoms with Gasteiger partial charge >= 0.3 is 6.01 Å². The van der Waals surface area contributed by atoms with Crippen LogP contribution in [0.5, 0.6) is 17.5 Å². The molecule has 1 aromatic heterocycles. The van der Waals surface area contributed by atoms with Gasteiger partial charge in [-0.2, -0.15) is 4.98 Å². The molecule has 0 aliphatic rings. The number of amides is 1. The van der Waals surface area contributed by atoms with E-state index in [2.05, 4.69) is 15.4 Å².